The maximum atomic E-state index is 12.9. The molecule has 1 heterocycles. The minimum absolute atomic E-state index is 0.0500. The molecule has 0 saturated carbocycles. The van der Waals surface area contributed by atoms with Gasteiger partial charge in [0.25, 0.3) is 0 Å². The van der Waals surface area contributed by atoms with Crippen molar-refractivity contribution in [1.82, 2.24) is 5.32 Å². The van der Waals surface area contributed by atoms with Gasteiger partial charge >= 0.3 is 0 Å². The highest BCUT2D eigenvalue weighted by Crippen LogP contribution is 2.41. The summed E-state index contributed by atoms with van der Waals surface area (Å²) in [4.78, 5) is 18.9. The molecule has 170 valence electrons. The number of para-hydroxylation sites is 2. The van der Waals surface area contributed by atoms with Crippen molar-refractivity contribution in [1.29, 1.82) is 0 Å². The van der Waals surface area contributed by atoms with Crippen LogP contribution in [-0.2, 0) is 11.3 Å². The molecule has 3 aromatic carbocycles. The predicted octanol–water partition coefficient (Wildman–Crippen LogP) is 5.01. The number of hydrogen-bond acceptors (Lipinski definition) is 6. The van der Waals surface area contributed by atoms with Gasteiger partial charge in [0.2, 0.25) is 5.91 Å². The molecule has 6 nitrogen and oxygen atoms in total. The van der Waals surface area contributed by atoms with Crippen LogP contribution < -0.4 is 19.5 Å². The van der Waals surface area contributed by atoms with Crippen LogP contribution in [-0.4, -0.2) is 38.2 Å². The van der Waals surface area contributed by atoms with Gasteiger partial charge in [-0.15, -0.1) is 11.8 Å². The third-order valence-corrected chi connectivity index (χ3v) is 6.67. The Labute approximate surface area is 198 Å². The number of thioether (sulfide) groups is 1. The van der Waals surface area contributed by atoms with Gasteiger partial charge in [0.15, 0.2) is 11.5 Å². The lowest BCUT2D eigenvalue weighted by Crippen LogP contribution is -2.31. The van der Waals surface area contributed by atoms with Crippen molar-refractivity contribution in [2.24, 2.45) is 4.99 Å². The van der Waals surface area contributed by atoms with Gasteiger partial charge in [-0.25, -0.2) is 0 Å². The van der Waals surface area contributed by atoms with E-state index in [2.05, 4.69) is 5.32 Å². The van der Waals surface area contributed by atoms with E-state index in [0.29, 0.717) is 24.5 Å². The molecule has 0 fully saturated rings. The summed E-state index contributed by atoms with van der Waals surface area (Å²) in [6.45, 7) is 0.402. The Morgan fingerprint density at radius 2 is 1.64 bits per heavy atom. The number of nitrogens with one attached hydrogen (secondary N) is 1. The van der Waals surface area contributed by atoms with Gasteiger partial charge in [-0.05, 0) is 36.4 Å². The Kier molecular flexibility index (Phi) is 7.19. The van der Waals surface area contributed by atoms with Gasteiger partial charge in [-0.1, -0.05) is 30.3 Å². The van der Waals surface area contributed by atoms with Crippen LogP contribution in [0.1, 0.15) is 17.5 Å². The molecule has 4 rings (SSSR count). The van der Waals surface area contributed by atoms with Crippen LogP contribution in [0.25, 0.3) is 0 Å². The lowest BCUT2D eigenvalue weighted by atomic mass is 10.0. The van der Waals surface area contributed by atoms with Gasteiger partial charge in [-0.2, -0.15) is 0 Å². The fourth-order valence-corrected chi connectivity index (χ4v) is 4.96. The number of carbonyl (C=O) groups excluding carboxylic acids is 1. The zero-order chi connectivity index (χ0) is 23.2. The summed E-state index contributed by atoms with van der Waals surface area (Å²) in [6.07, 6.45) is 0.293. The molecule has 1 atom stereocenters. The summed E-state index contributed by atoms with van der Waals surface area (Å²) in [6, 6.07) is 21.4. The maximum Gasteiger partial charge on any atom is 0.221 e. The number of rotatable bonds is 8. The monoisotopic (exact) mass is 462 g/mol. The Bertz CT molecular complexity index is 1180. The maximum absolute atomic E-state index is 12.9. The van der Waals surface area contributed by atoms with Crippen LogP contribution >= 0.6 is 11.8 Å². The summed E-state index contributed by atoms with van der Waals surface area (Å²) in [7, 11) is 4.84. The van der Waals surface area contributed by atoms with Gasteiger partial charge in [0.05, 0.1) is 38.0 Å². The highest BCUT2D eigenvalue weighted by Gasteiger charge is 2.28. The first-order chi connectivity index (χ1) is 16.1. The fourth-order valence-electron chi connectivity index (χ4n) is 3.73. The number of hydrogen-bond donors (Lipinski definition) is 1. The predicted molar refractivity (Wildman–Crippen MR) is 131 cm³/mol. The molecular weight excluding hydrogens is 436 g/mol. The molecular formula is C26H26N2O4S. The Morgan fingerprint density at radius 1 is 0.909 bits per heavy atom. The molecule has 0 saturated heterocycles. The number of amides is 1. The second-order valence-electron chi connectivity index (χ2n) is 7.43. The molecule has 0 radical (unpaired) electrons. The van der Waals surface area contributed by atoms with E-state index in [4.69, 9.17) is 19.2 Å². The molecule has 0 aromatic heterocycles. The average molecular weight is 463 g/mol. The Balaban J connectivity index is 1.57. The van der Waals surface area contributed by atoms with Gasteiger partial charge < -0.3 is 19.5 Å². The minimum Gasteiger partial charge on any atom is -0.496 e. The SMILES string of the molecule is COc1ccccc1CNC(=O)C[C@H]1Sc2ccccc2N=C1c1ccc(OC)c(OC)c1. The zero-order valence-electron chi connectivity index (χ0n) is 18.8. The lowest BCUT2D eigenvalue weighted by molar-refractivity contribution is -0.121. The van der Waals surface area contributed by atoms with E-state index in [1.165, 1.54) is 0 Å². The van der Waals surface area contributed by atoms with Crippen LogP contribution in [0.2, 0.25) is 0 Å². The molecule has 33 heavy (non-hydrogen) atoms. The van der Waals surface area contributed by atoms with Crippen LogP contribution in [0.3, 0.4) is 0 Å². The van der Waals surface area contributed by atoms with E-state index in [1.54, 1.807) is 33.1 Å². The molecule has 3 aromatic rings. The van der Waals surface area contributed by atoms with Gasteiger partial charge in [0, 0.05) is 29.0 Å². The first-order valence-electron chi connectivity index (χ1n) is 10.6. The number of benzene rings is 3. The number of ether oxygens (including phenoxy) is 3. The number of fused-ring (bicyclic) bond motifs is 1. The van der Waals surface area contributed by atoms with E-state index < -0.39 is 0 Å². The molecule has 0 spiro atoms. The van der Waals surface area contributed by atoms with Crippen LogP contribution in [0.5, 0.6) is 17.2 Å². The van der Waals surface area contributed by atoms with E-state index in [0.717, 1.165) is 33.2 Å². The van der Waals surface area contributed by atoms with Crippen LogP contribution in [0.15, 0.2) is 76.6 Å². The molecule has 1 N–H and O–H groups in total. The summed E-state index contributed by atoms with van der Waals surface area (Å²) in [5.41, 5.74) is 3.58. The molecule has 0 aliphatic carbocycles. The van der Waals surface area contributed by atoms with Crippen molar-refractivity contribution in [2.75, 3.05) is 21.3 Å². The van der Waals surface area contributed by atoms with Gasteiger partial charge in [0.1, 0.15) is 5.75 Å². The smallest absolute Gasteiger partial charge is 0.221 e. The van der Waals surface area contributed by atoms with Crippen molar-refractivity contribution in [3.63, 3.8) is 0 Å². The third-order valence-electron chi connectivity index (χ3n) is 5.40. The quantitative estimate of drug-likeness (QED) is 0.509. The number of carbonyl (C=O) groups is 1. The topological polar surface area (TPSA) is 69.2 Å². The first-order valence-corrected chi connectivity index (χ1v) is 11.5. The van der Waals surface area contributed by atoms with E-state index in [-0.39, 0.29) is 11.2 Å². The Morgan fingerprint density at radius 3 is 2.42 bits per heavy atom. The molecule has 7 heteroatoms. The summed E-state index contributed by atoms with van der Waals surface area (Å²) < 4.78 is 16.2. The van der Waals surface area contributed by atoms with Crippen molar-refractivity contribution >= 4 is 29.1 Å². The fraction of sp³-hybridized carbons (Fsp3) is 0.231. The number of aliphatic imine (C=N–C) groups is 1. The average Bonchev–Trinajstić information content (AvgIpc) is 2.86. The van der Waals surface area contributed by atoms with Crippen molar-refractivity contribution in [3.8, 4) is 17.2 Å². The van der Waals surface area contributed by atoms with Crippen LogP contribution in [0, 0.1) is 0 Å². The van der Waals surface area contributed by atoms with E-state index in [1.807, 2.05) is 66.7 Å². The zero-order valence-corrected chi connectivity index (χ0v) is 19.6. The largest absolute Gasteiger partial charge is 0.496 e. The second-order valence-corrected chi connectivity index (χ2v) is 8.68. The van der Waals surface area contributed by atoms with E-state index in [9.17, 15) is 4.79 Å². The summed E-state index contributed by atoms with van der Waals surface area (Å²) >= 11 is 1.65. The highest BCUT2D eigenvalue weighted by atomic mass is 32.2. The van der Waals surface area contributed by atoms with Crippen molar-refractivity contribution < 1.29 is 19.0 Å². The first kappa shape index (κ1) is 22.7. The lowest BCUT2D eigenvalue weighted by Gasteiger charge is -2.25. The van der Waals surface area contributed by atoms with Crippen molar-refractivity contribution in [3.05, 3.63) is 77.9 Å². The third kappa shape index (κ3) is 5.14. The molecule has 0 bridgehead atoms. The number of methoxy groups -OCH3 is 3. The normalized spacial score (nSPS) is 14.6. The second kappa shape index (κ2) is 10.4. The highest BCUT2D eigenvalue weighted by molar-refractivity contribution is 8.01. The Hall–Kier alpha value is -3.45. The standard InChI is InChI=1S/C26H26N2O4S/c1-30-20-10-6-4-8-18(20)16-27-25(29)15-24-26(28-19-9-5-7-11-23(19)33-24)17-12-13-21(31-2)22(14-17)32-3/h4-14,24H,15-16H2,1-3H3,(H,27,29)/t24-/m1/s1. The minimum atomic E-state index is -0.143. The molecule has 1 aliphatic rings. The summed E-state index contributed by atoms with van der Waals surface area (Å²) in [5.74, 6) is 1.98. The molecule has 1 aliphatic heterocycles. The van der Waals surface area contributed by atoms with Crippen molar-refractivity contribution in [2.45, 2.75) is 23.1 Å². The number of nitrogens with zero attached hydrogens (tertiary/aromatic N) is 1. The van der Waals surface area contributed by atoms with Gasteiger partial charge in [-0.3, -0.25) is 9.79 Å². The summed E-state index contributed by atoms with van der Waals surface area (Å²) in [5, 5.41) is 2.88. The van der Waals surface area contributed by atoms with E-state index >= 15 is 0 Å². The van der Waals surface area contributed by atoms with Crippen LogP contribution in [0.4, 0.5) is 5.69 Å². The molecule has 0 unspecified atom stereocenters. The molecule has 1 amide bonds.